The predicted octanol–water partition coefficient (Wildman–Crippen LogP) is 1.18. The third-order valence-corrected chi connectivity index (χ3v) is 2.03. The molecule has 1 rings (SSSR count). The zero-order valence-electron chi connectivity index (χ0n) is 7.56. The molecule has 0 saturated heterocycles. The van der Waals surface area contributed by atoms with Gasteiger partial charge in [0.05, 0.1) is 12.2 Å². The molecule has 2 atom stereocenters. The minimum atomic E-state index is -0.722. The molecule has 0 spiro atoms. The van der Waals surface area contributed by atoms with Crippen molar-refractivity contribution in [2.24, 2.45) is 0 Å². The molecule has 1 radical (unpaired) electrons. The van der Waals surface area contributed by atoms with E-state index in [0.29, 0.717) is 12.8 Å². The average Bonchev–Trinajstić information content (AvgIpc) is 2.18. The molecular formula is C11H15O2. The van der Waals surface area contributed by atoms with Gasteiger partial charge < -0.3 is 10.2 Å². The van der Waals surface area contributed by atoms with Crippen molar-refractivity contribution in [1.29, 1.82) is 0 Å². The fourth-order valence-electron chi connectivity index (χ4n) is 1.18. The summed E-state index contributed by atoms with van der Waals surface area (Å²) in [5.41, 5.74) is 1.03. The molecule has 2 heteroatoms. The molecule has 0 aromatic heterocycles. The Hall–Kier alpha value is -0.860. The molecule has 2 N–H and O–H groups in total. The Morgan fingerprint density at radius 2 is 1.69 bits per heavy atom. The average molecular weight is 179 g/mol. The lowest BCUT2D eigenvalue weighted by Crippen LogP contribution is -2.27. The van der Waals surface area contributed by atoms with Crippen molar-refractivity contribution in [3.8, 4) is 0 Å². The first-order valence-electron chi connectivity index (χ1n) is 4.43. The van der Waals surface area contributed by atoms with Gasteiger partial charge >= 0.3 is 0 Å². The third-order valence-electron chi connectivity index (χ3n) is 2.03. The van der Waals surface area contributed by atoms with Crippen molar-refractivity contribution >= 4 is 0 Å². The summed E-state index contributed by atoms with van der Waals surface area (Å²) < 4.78 is 0. The highest BCUT2D eigenvalue weighted by Crippen LogP contribution is 2.07. The largest absolute Gasteiger partial charge is 0.390 e. The van der Waals surface area contributed by atoms with Crippen LogP contribution in [0.2, 0.25) is 0 Å². The summed E-state index contributed by atoms with van der Waals surface area (Å²) in [6, 6.07) is 9.61. The first-order chi connectivity index (χ1) is 6.24. The maximum Gasteiger partial charge on any atom is 0.0839 e. The zero-order valence-corrected chi connectivity index (χ0v) is 7.56. The molecule has 0 aliphatic carbocycles. The summed E-state index contributed by atoms with van der Waals surface area (Å²) in [6.45, 7) is 3.54. The first-order valence-corrected chi connectivity index (χ1v) is 4.43. The lowest BCUT2D eigenvalue weighted by molar-refractivity contribution is 0.0218. The lowest BCUT2D eigenvalue weighted by atomic mass is 10.0. The van der Waals surface area contributed by atoms with Gasteiger partial charge in [-0.15, -0.1) is 0 Å². The van der Waals surface area contributed by atoms with Crippen molar-refractivity contribution in [2.75, 3.05) is 0 Å². The second-order valence-electron chi connectivity index (χ2n) is 3.11. The second kappa shape index (κ2) is 5.00. The van der Waals surface area contributed by atoms with Crippen LogP contribution in [0.1, 0.15) is 12.0 Å². The van der Waals surface area contributed by atoms with E-state index in [-0.39, 0.29) is 0 Å². The summed E-state index contributed by atoms with van der Waals surface area (Å²) in [6.07, 6.45) is -0.606. The molecule has 1 aromatic rings. The Morgan fingerprint density at radius 3 is 2.23 bits per heavy atom. The highest BCUT2D eigenvalue weighted by Gasteiger charge is 2.13. The molecule has 1 aromatic carbocycles. The van der Waals surface area contributed by atoms with Crippen LogP contribution in [0.15, 0.2) is 30.3 Å². The van der Waals surface area contributed by atoms with Crippen LogP contribution in [0.25, 0.3) is 0 Å². The molecule has 0 amide bonds. The Kier molecular flexibility index (Phi) is 3.93. The fourth-order valence-corrected chi connectivity index (χ4v) is 1.18. The van der Waals surface area contributed by atoms with Crippen LogP contribution in [0.3, 0.4) is 0 Å². The molecular weight excluding hydrogens is 164 g/mol. The van der Waals surface area contributed by atoms with Crippen LogP contribution >= 0.6 is 0 Å². The number of rotatable bonds is 4. The Balaban J connectivity index is 2.50. The van der Waals surface area contributed by atoms with Crippen molar-refractivity contribution in [2.45, 2.75) is 25.0 Å². The van der Waals surface area contributed by atoms with Crippen LogP contribution in [0.4, 0.5) is 0 Å². The van der Waals surface area contributed by atoms with E-state index in [1.54, 1.807) is 0 Å². The normalized spacial score (nSPS) is 15.3. The summed E-state index contributed by atoms with van der Waals surface area (Å²) in [5.74, 6) is 0. The van der Waals surface area contributed by atoms with Gasteiger partial charge in [-0.25, -0.2) is 0 Å². The number of benzene rings is 1. The van der Waals surface area contributed by atoms with E-state index in [9.17, 15) is 10.2 Å². The van der Waals surface area contributed by atoms with Crippen molar-refractivity contribution in [1.82, 2.24) is 0 Å². The Bertz CT molecular complexity index is 233. The molecule has 2 nitrogen and oxygen atoms in total. The predicted molar refractivity (Wildman–Crippen MR) is 52.1 cm³/mol. The minimum absolute atomic E-state index is 0.341. The molecule has 0 aliphatic heterocycles. The van der Waals surface area contributed by atoms with Crippen molar-refractivity contribution in [3.05, 3.63) is 42.8 Å². The summed E-state index contributed by atoms with van der Waals surface area (Å²) in [5, 5.41) is 18.8. The minimum Gasteiger partial charge on any atom is -0.390 e. The molecule has 0 heterocycles. The zero-order chi connectivity index (χ0) is 9.68. The van der Waals surface area contributed by atoms with Gasteiger partial charge in [-0.2, -0.15) is 0 Å². The second-order valence-corrected chi connectivity index (χ2v) is 3.11. The van der Waals surface area contributed by atoms with E-state index in [4.69, 9.17) is 0 Å². The lowest BCUT2D eigenvalue weighted by Gasteiger charge is -2.15. The molecule has 0 unspecified atom stereocenters. The highest BCUT2D eigenvalue weighted by atomic mass is 16.3. The van der Waals surface area contributed by atoms with E-state index in [2.05, 4.69) is 6.92 Å². The first kappa shape index (κ1) is 10.2. The summed E-state index contributed by atoms with van der Waals surface area (Å²) in [4.78, 5) is 0. The van der Waals surface area contributed by atoms with E-state index < -0.39 is 12.2 Å². The van der Waals surface area contributed by atoms with Crippen LogP contribution in [0.5, 0.6) is 0 Å². The standard InChI is InChI=1S/C11H15O2/c1-2-10(12)11(13)8-9-6-4-3-5-7-9/h3-7,10-13H,1-2,8H2/t10-,11-/m1/s1. The summed E-state index contributed by atoms with van der Waals surface area (Å²) in [7, 11) is 0. The molecule has 0 aliphatic rings. The van der Waals surface area contributed by atoms with Crippen LogP contribution in [-0.2, 0) is 6.42 Å². The molecule has 71 valence electrons. The maximum absolute atomic E-state index is 9.48. The summed E-state index contributed by atoms with van der Waals surface area (Å²) >= 11 is 0. The van der Waals surface area contributed by atoms with E-state index in [1.165, 1.54) is 0 Å². The van der Waals surface area contributed by atoms with Crippen LogP contribution in [-0.4, -0.2) is 22.4 Å². The number of hydrogen-bond acceptors (Lipinski definition) is 2. The molecule has 0 bridgehead atoms. The van der Waals surface area contributed by atoms with Gasteiger partial charge in [0, 0.05) is 6.42 Å². The van der Waals surface area contributed by atoms with Gasteiger partial charge in [0.15, 0.2) is 0 Å². The van der Waals surface area contributed by atoms with Crippen LogP contribution < -0.4 is 0 Å². The van der Waals surface area contributed by atoms with E-state index >= 15 is 0 Å². The topological polar surface area (TPSA) is 40.5 Å². The van der Waals surface area contributed by atoms with Crippen molar-refractivity contribution < 1.29 is 10.2 Å². The van der Waals surface area contributed by atoms with Gasteiger partial charge in [-0.05, 0) is 12.0 Å². The highest BCUT2D eigenvalue weighted by molar-refractivity contribution is 5.15. The van der Waals surface area contributed by atoms with E-state index in [0.717, 1.165) is 5.56 Å². The van der Waals surface area contributed by atoms with E-state index in [1.807, 2.05) is 30.3 Å². The SMILES string of the molecule is [CH2]C[C@@H](O)[C@H](O)Cc1ccccc1. The molecule has 13 heavy (non-hydrogen) atoms. The quantitative estimate of drug-likeness (QED) is 0.728. The van der Waals surface area contributed by atoms with Gasteiger partial charge in [0.2, 0.25) is 0 Å². The monoisotopic (exact) mass is 179 g/mol. The van der Waals surface area contributed by atoms with Gasteiger partial charge in [-0.1, -0.05) is 37.3 Å². The Morgan fingerprint density at radius 1 is 1.08 bits per heavy atom. The van der Waals surface area contributed by atoms with Gasteiger partial charge in [-0.3, -0.25) is 0 Å². The van der Waals surface area contributed by atoms with Gasteiger partial charge in [0.25, 0.3) is 0 Å². The van der Waals surface area contributed by atoms with Crippen molar-refractivity contribution in [3.63, 3.8) is 0 Å². The number of aliphatic hydroxyl groups excluding tert-OH is 2. The molecule has 0 saturated carbocycles. The maximum atomic E-state index is 9.48. The number of aliphatic hydroxyl groups is 2. The fraction of sp³-hybridized carbons (Fsp3) is 0.364. The Labute approximate surface area is 78.8 Å². The number of hydrogen-bond donors (Lipinski definition) is 2. The molecule has 0 fully saturated rings. The van der Waals surface area contributed by atoms with Gasteiger partial charge in [0.1, 0.15) is 0 Å². The van der Waals surface area contributed by atoms with Crippen LogP contribution in [0, 0.1) is 6.92 Å². The smallest absolute Gasteiger partial charge is 0.0839 e. The third kappa shape index (κ3) is 3.17.